The Balaban J connectivity index is 0.00000200. The molecule has 1 aromatic rings. The van der Waals surface area contributed by atoms with Crippen LogP contribution < -0.4 is 5.32 Å². The summed E-state index contributed by atoms with van der Waals surface area (Å²) < 4.78 is 39.6. The van der Waals surface area contributed by atoms with Gasteiger partial charge in [0.05, 0.1) is 5.75 Å². The normalized spacial score (nSPS) is 17.3. The average molecular weight is 343 g/mol. The molecular formula is C12H17Cl2FN2O2S. The van der Waals surface area contributed by atoms with E-state index in [-0.39, 0.29) is 28.7 Å². The maximum atomic E-state index is 13.6. The van der Waals surface area contributed by atoms with Gasteiger partial charge < -0.3 is 5.32 Å². The maximum absolute atomic E-state index is 13.6. The lowest BCUT2D eigenvalue weighted by Crippen LogP contribution is -2.35. The molecular weight excluding hydrogens is 326 g/mol. The highest BCUT2D eigenvalue weighted by atomic mass is 35.5. The van der Waals surface area contributed by atoms with Crippen molar-refractivity contribution in [2.24, 2.45) is 0 Å². The van der Waals surface area contributed by atoms with Crippen LogP contribution in [-0.4, -0.2) is 38.9 Å². The highest BCUT2D eigenvalue weighted by Gasteiger charge is 2.24. The molecule has 0 amide bonds. The van der Waals surface area contributed by atoms with Crippen LogP contribution in [0.3, 0.4) is 0 Å². The summed E-state index contributed by atoms with van der Waals surface area (Å²) in [5.74, 6) is -0.903. The van der Waals surface area contributed by atoms with Crippen molar-refractivity contribution in [3.05, 3.63) is 34.6 Å². The first kappa shape index (κ1) is 17.7. The molecule has 1 saturated heterocycles. The van der Waals surface area contributed by atoms with Gasteiger partial charge in [-0.2, -0.15) is 0 Å². The standard InChI is InChI=1S/C12H16ClFN2O2S.ClH/c13-11-3-2-10(12(14)8-11)9-19(17,18)16-6-1-4-15-5-7-16;/h2-3,8,15H,1,4-7,9H2;1H. The second-order valence-corrected chi connectivity index (χ2v) is 6.90. The van der Waals surface area contributed by atoms with E-state index >= 15 is 0 Å². The lowest BCUT2D eigenvalue weighted by atomic mass is 10.2. The van der Waals surface area contributed by atoms with Crippen molar-refractivity contribution in [2.45, 2.75) is 12.2 Å². The van der Waals surface area contributed by atoms with Crippen LogP contribution in [0, 0.1) is 5.82 Å². The van der Waals surface area contributed by atoms with E-state index < -0.39 is 15.8 Å². The minimum Gasteiger partial charge on any atom is -0.315 e. The quantitative estimate of drug-likeness (QED) is 0.914. The Kier molecular flexibility index (Phi) is 6.68. The highest BCUT2D eigenvalue weighted by molar-refractivity contribution is 7.88. The van der Waals surface area contributed by atoms with E-state index in [4.69, 9.17) is 11.6 Å². The van der Waals surface area contributed by atoms with E-state index in [1.807, 2.05) is 0 Å². The smallest absolute Gasteiger partial charge is 0.218 e. The van der Waals surface area contributed by atoms with Gasteiger partial charge in [-0.25, -0.2) is 17.1 Å². The summed E-state index contributed by atoms with van der Waals surface area (Å²) in [6, 6.07) is 4.06. The van der Waals surface area contributed by atoms with Crippen molar-refractivity contribution >= 4 is 34.0 Å². The first-order valence-corrected chi connectivity index (χ1v) is 8.10. The molecule has 0 atom stereocenters. The minimum atomic E-state index is -3.48. The third kappa shape index (κ3) is 4.56. The second kappa shape index (κ2) is 7.56. The van der Waals surface area contributed by atoms with Gasteiger partial charge in [-0.15, -0.1) is 12.4 Å². The molecule has 4 nitrogen and oxygen atoms in total. The van der Waals surface area contributed by atoms with Gasteiger partial charge >= 0.3 is 0 Å². The third-order valence-electron chi connectivity index (χ3n) is 3.05. The van der Waals surface area contributed by atoms with Crippen molar-refractivity contribution in [3.63, 3.8) is 0 Å². The SMILES string of the molecule is Cl.O=S(=O)(Cc1ccc(Cl)cc1F)N1CCCNCC1. The van der Waals surface area contributed by atoms with E-state index in [1.54, 1.807) is 0 Å². The molecule has 8 heteroatoms. The van der Waals surface area contributed by atoms with E-state index in [2.05, 4.69) is 5.32 Å². The fraction of sp³-hybridized carbons (Fsp3) is 0.500. The van der Waals surface area contributed by atoms with Gasteiger partial charge in [0.15, 0.2) is 0 Å². The average Bonchev–Trinajstić information content (AvgIpc) is 2.62. The number of rotatable bonds is 3. The molecule has 1 aromatic carbocycles. The number of sulfonamides is 1. The van der Waals surface area contributed by atoms with Crippen LogP contribution in [0.2, 0.25) is 5.02 Å². The first-order valence-electron chi connectivity index (χ1n) is 6.11. The number of benzene rings is 1. The fourth-order valence-electron chi connectivity index (χ4n) is 2.03. The van der Waals surface area contributed by atoms with Gasteiger partial charge in [0.1, 0.15) is 5.82 Å². The molecule has 0 aromatic heterocycles. The summed E-state index contributed by atoms with van der Waals surface area (Å²) in [5.41, 5.74) is 0.154. The molecule has 0 spiro atoms. The number of halogens is 3. The largest absolute Gasteiger partial charge is 0.315 e. The van der Waals surface area contributed by atoms with Crippen LogP contribution in [0.5, 0.6) is 0 Å². The summed E-state index contributed by atoms with van der Waals surface area (Å²) in [5, 5.41) is 3.40. The Morgan fingerprint density at radius 3 is 2.75 bits per heavy atom. The van der Waals surface area contributed by atoms with E-state index in [1.165, 1.54) is 16.4 Å². The van der Waals surface area contributed by atoms with Gasteiger partial charge in [-0.05, 0) is 25.1 Å². The van der Waals surface area contributed by atoms with Crippen LogP contribution in [-0.2, 0) is 15.8 Å². The Hall–Kier alpha value is -0.400. The van der Waals surface area contributed by atoms with Crippen molar-refractivity contribution < 1.29 is 12.8 Å². The second-order valence-electron chi connectivity index (χ2n) is 4.49. The van der Waals surface area contributed by atoms with Gasteiger partial charge in [-0.3, -0.25) is 0 Å². The zero-order valence-corrected chi connectivity index (χ0v) is 13.2. The predicted octanol–water partition coefficient (Wildman–Crippen LogP) is 2.03. The minimum absolute atomic E-state index is 0. The molecule has 1 N–H and O–H groups in total. The first-order chi connectivity index (χ1) is 8.99. The molecule has 0 bridgehead atoms. The summed E-state index contributed by atoms with van der Waals surface area (Å²) in [6.07, 6.45) is 0.766. The maximum Gasteiger partial charge on any atom is 0.218 e. The Morgan fingerprint density at radius 1 is 1.30 bits per heavy atom. The Bertz CT molecular complexity index is 546. The summed E-state index contributed by atoms with van der Waals surface area (Å²) in [6.45, 7) is 2.34. The van der Waals surface area contributed by atoms with Crippen molar-refractivity contribution in [3.8, 4) is 0 Å². The number of nitrogens with one attached hydrogen (secondary N) is 1. The molecule has 1 aliphatic rings. The topological polar surface area (TPSA) is 49.4 Å². The monoisotopic (exact) mass is 342 g/mol. The highest BCUT2D eigenvalue weighted by Crippen LogP contribution is 2.18. The van der Waals surface area contributed by atoms with Crippen molar-refractivity contribution in [1.82, 2.24) is 9.62 Å². The lowest BCUT2D eigenvalue weighted by Gasteiger charge is -2.19. The molecule has 0 aliphatic carbocycles. The van der Waals surface area contributed by atoms with Gasteiger partial charge in [0.25, 0.3) is 0 Å². The molecule has 0 saturated carbocycles. The number of hydrogen-bond donors (Lipinski definition) is 1. The Labute approximate surface area is 129 Å². The van der Waals surface area contributed by atoms with Gasteiger partial charge in [0.2, 0.25) is 10.0 Å². The molecule has 1 heterocycles. The number of nitrogens with zero attached hydrogens (tertiary/aromatic N) is 1. The predicted molar refractivity (Wildman–Crippen MR) is 80.3 cm³/mol. The van der Waals surface area contributed by atoms with Crippen molar-refractivity contribution in [1.29, 1.82) is 0 Å². The Morgan fingerprint density at radius 2 is 2.05 bits per heavy atom. The van der Waals surface area contributed by atoms with Gasteiger partial charge in [0, 0.05) is 30.2 Å². The summed E-state index contributed by atoms with van der Waals surface area (Å²) >= 11 is 5.65. The molecule has 114 valence electrons. The zero-order chi connectivity index (χ0) is 13.9. The molecule has 0 radical (unpaired) electrons. The van der Waals surface area contributed by atoms with Crippen LogP contribution in [0.1, 0.15) is 12.0 Å². The van der Waals surface area contributed by atoms with Crippen LogP contribution in [0.4, 0.5) is 4.39 Å². The van der Waals surface area contributed by atoms with E-state index in [9.17, 15) is 12.8 Å². The summed E-state index contributed by atoms with van der Waals surface area (Å²) in [7, 11) is -3.48. The lowest BCUT2D eigenvalue weighted by molar-refractivity contribution is 0.430. The van der Waals surface area contributed by atoms with Crippen LogP contribution in [0.25, 0.3) is 0 Å². The van der Waals surface area contributed by atoms with Crippen molar-refractivity contribution in [2.75, 3.05) is 26.2 Å². The van der Waals surface area contributed by atoms with Crippen LogP contribution >= 0.6 is 24.0 Å². The molecule has 2 rings (SSSR count). The van der Waals surface area contributed by atoms with Gasteiger partial charge in [-0.1, -0.05) is 17.7 Å². The number of hydrogen-bond acceptors (Lipinski definition) is 3. The molecule has 0 unspecified atom stereocenters. The fourth-order valence-corrected chi connectivity index (χ4v) is 3.77. The van der Waals surface area contributed by atoms with E-state index in [0.717, 1.165) is 19.0 Å². The third-order valence-corrected chi connectivity index (χ3v) is 5.11. The van der Waals surface area contributed by atoms with Crippen LogP contribution in [0.15, 0.2) is 18.2 Å². The molecule has 1 aliphatic heterocycles. The zero-order valence-electron chi connectivity index (χ0n) is 10.8. The summed E-state index contributed by atoms with van der Waals surface area (Å²) in [4.78, 5) is 0. The molecule has 20 heavy (non-hydrogen) atoms. The molecule has 1 fully saturated rings. The van der Waals surface area contributed by atoms with E-state index in [0.29, 0.717) is 19.6 Å².